The molecule has 0 aromatic heterocycles. The summed E-state index contributed by atoms with van der Waals surface area (Å²) in [4.78, 5) is 36.6. The van der Waals surface area contributed by atoms with Crippen molar-refractivity contribution in [3.63, 3.8) is 0 Å². The number of carboxylic acids is 1. The summed E-state index contributed by atoms with van der Waals surface area (Å²) in [6.07, 6.45) is -0.357. The van der Waals surface area contributed by atoms with Crippen LogP contribution in [0.2, 0.25) is 0 Å². The molecule has 0 spiro atoms. The topological polar surface area (TPSA) is 127 Å². The number of carboxylic acid groups (broad SMARTS) is 1. The summed E-state index contributed by atoms with van der Waals surface area (Å²) in [6, 6.07) is 4.55. The second-order valence-electron chi connectivity index (χ2n) is 7.37. The number of benzene rings is 1. The first-order valence-electron chi connectivity index (χ1n) is 8.76. The Kier molecular flexibility index (Phi) is 5.34. The summed E-state index contributed by atoms with van der Waals surface area (Å²) >= 11 is 0. The molecule has 0 amide bonds. The van der Waals surface area contributed by atoms with Gasteiger partial charge in [0.2, 0.25) is 0 Å². The van der Waals surface area contributed by atoms with Crippen LogP contribution in [0.4, 0.5) is 0 Å². The van der Waals surface area contributed by atoms with Crippen LogP contribution in [0.15, 0.2) is 24.3 Å². The molecule has 1 aliphatic rings. The van der Waals surface area contributed by atoms with Gasteiger partial charge in [-0.15, -0.1) is 0 Å². The van der Waals surface area contributed by atoms with Gasteiger partial charge in [-0.05, 0) is 50.8 Å². The molecule has 27 heavy (non-hydrogen) atoms. The van der Waals surface area contributed by atoms with Crippen molar-refractivity contribution >= 4 is 11.8 Å². The van der Waals surface area contributed by atoms with Gasteiger partial charge >= 0.3 is 5.97 Å². The lowest BCUT2D eigenvalue weighted by Gasteiger charge is -2.54. The van der Waals surface area contributed by atoms with E-state index in [1.165, 1.54) is 14.0 Å². The highest BCUT2D eigenvalue weighted by atomic mass is 16.6. The molecule has 8 heteroatoms. The molecule has 1 aromatic rings. The van der Waals surface area contributed by atoms with Gasteiger partial charge in [-0.2, -0.15) is 0 Å². The Morgan fingerprint density at radius 3 is 2.22 bits per heavy atom. The fourth-order valence-electron chi connectivity index (χ4n) is 4.90. The van der Waals surface area contributed by atoms with Crippen LogP contribution >= 0.6 is 0 Å². The quantitative estimate of drug-likeness (QED) is 0.440. The van der Waals surface area contributed by atoms with E-state index in [1.54, 1.807) is 31.2 Å². The number of Topliss-reactive ketones (excluding diaryl/α,β-unsaturated/α-hetero) is 1. The Morgan fingerprint density at radius 2 is 1.85 bits per heavy atom. The maximum absolute atomic E-state index is 12.7. The van der Waals surface area contributed by atoms with E-state index in [-0.39, 0.29) is 19.3 Å². The lowest BCUT2D eigenvalue weighted by molar-refractivity contribution is -0.565. The van der Waals surface area contributed by atoms with Crippen molar-refractivity contribution < 1.29 is 29.5 Å². The lowest BCUT2D eigenvalue weighted by Crippen LogP contribution is -2.71. The van der Waals surface area contributed by atoms with E-state index in [0.29, 0.717) is 11.3 Å². The molecule has 0 bridgehead atoms. The van der Waals surface area contributed by atoms with E-state index in [1.807, 2.05) is 0 Å². The number of hydrogen-bond donors (Lipinski definition) is 2. The second kappa shape index (κ2) is 6.92. The minimum absolute atomic E-state index is 0.00694. The van der Waals surface area contributed by atoms with Crippen molar-refractivity contribution in [1.82, 2.24) is 0 Å². The number of nitrogens with zero attached hydrogens (tertiary/aromatic N) is 1. The van der Waals surface area contributed by atoms with Gasteiger partial charge in [-0.3, -0.25) is 19.7 Å². The van der Waals surface area contributed by atoms with E-state index >= 15 is 0 Å². The first-order valence-corrected chi connectivity index (χ1v) is 8.76. The molecule has 0 unspecified atom stereocenters. The van der Waals surface area contributed by atoms with Crippen molar-refractivity contribution in [2.24, 2.45) is 5.41 Å². The summed E-state index contributed by atoms with van der Waals surface area (Å²) in [5, 5.41) is 33.1. The van der Waals surface area contributed by atoms with E-state index in [0.717, 1.165) is 6.92 Å². The van der Waals surface area contributed by atoms with Gasteiger partial charge in [0.1, 0.15) is 22.5 Å². The number of methoxy groups -OCH3 is 1. The van der Waals surface area contributed by atoms with Crippen molar-refractivity contribution in [3.8, 4) is 5.75 Å². The van der Waals surface area contributed by atoms with Crippen LogP contribution in [0.1, 0.15) is 45.6 Å². The Morgan fingerprint density at radius 1 is 1.30 bits per heavy atom. The molecule has 2 N–H and O–H groups in total. The summed E-state index contributed by atoms with van der Waals surface area (Å²) < 4.78 is 5.12. The third-order valence-electron chi connectivity index (χ3n) is 6.16. The highest BCUT2D eigenvalue weighted by Gasteiger charge is 2.74. The van der Waals surface area contributed by atoms with Crippen LogP contribution < -0.4 is 4.74 Å². The molecule has 0 heterocycles. The number of rotatable bonds is 6. The molecule has 1 saturated carbocycles. The molecule has 1 aliphatic carbocycles. The molecule has 1 fully saturated rings. The van der Waals surface area contributed by atoms with Gasteiger partial charge in [-0.1, -0.05) is 19.1 Å². The SMILES string of the molecule is CC[C@]1(c2ccc(OC)cc2)[C@H]([N+](=O)[O-])[C@](C)(O)CC[C@@]1(C(C)=O)C(=O)O. The number of ketones is 1. The normalized spacial score (nSPS) is 33.3. The van der Waals surface area contributed by atoms with Crippen LogP contribution in [-0.2, 0) is 15.0 Å². The molecule has 8 nitrogen and oxygen atoms in total. The highest BCUT2D eigenvalue weighted by Crippen LogP contribution is 2.58. The smallest absolute Gasteiger partial charge is 0.318 e. The van der Waals surface area contributed by atoms with Crippen LogP contribution in [0, 0.1) is 15.5 Å². The third-order valence-corrected chi connectivity index (χ3v) is 6.16. The summed E-state index contributed by atoms with van der Waals surface area (Å²) in [5.74, 6) is -1.57. The van der Waals surface area contributed by atoms with Gasteiger partial charge in [-0.25, -0.2) is 0 Å². The number of hydrogen-bond acceptors (Lipinski definition) is 6. The third kappa shape index (κ3) is 2.79. The Bertz CT molecular complexity index is 742. The highest BCUT2D eigenvalue weighted by molar-refractivity contribution is 6.04. The van der Waals surface area contributed by atoms with Crippen LogP contribution in [0.25, 0.3) is 0 Å². The predicted molar refractivity (Wildman–Crippen MR) is 96.4 cm³/mol. The molecule has 2 rings (SSSR count). The van der Waals surface area contributed by atoms with Crippen molar-refractivity contribution in [2.45, 2.75) is 57.1 Å². The largest absolute Gasteiger partial charge is 0.497 e. The molecule has 0 saturated heterocycles. The summed E-state index contributed by atoms with van der Waals surface area (Å²) in [7, 11) is 1.47. The zero-order valence-electron chi connectivity index (χ0n) is 15.9. The van der Waals surface area contributed by atoms with Crippen molar-refractivity contribution in [3.05, 3.63) is 39.9 Å². The Labute approximate surface area is 157 Å². The first-order chi connectivity index (χ1) is 12.5. The zero-order valence-corrected chi connectivity index (χ0v) is 15.9. The van der Waals surface area contributed by atoms with Gasteiger partial charge in [0.15, 0.2) is 0 Å². The van der Waals surface area contributed by atoms with Crippen LogP contribution in [0.5, 0.6) is 5.75 Å². The number of aliphatic hydroxyl groups is 1. The van der Waals surface area contributed by atoms with E-state index in [4.69, 9.17) is 4.74 Å². The number of carbonyl (C=O) groups excluding carboxylic acids is 1. The number of ether oxygens (including phenoxy) is 1. The van der Waals surface area contributed by atoms with E-state index in [9.17, 15) is 29.9 Å². The Balaban J connectivity index is 2.95. The number of nitro groups is 1. The van der Waals surface area contributed by atoms with Crippen LogP contribution in [-0.4, -0.2) is 45.6 Å². The standard InChI is InChI=1S/C19H25NO7/c1-5-18(13-6-8-14(27-4)9-7-13)15(20(25)26)17(3,24)10-11-19(18,12(2)21)16(22)23/h6-9,15,24H,5,10-11H2,1-4H3,(H,22,23)/t15-,17-,18+,19-/m1/s1. The van der Waals surface area contributed by atoms with Gasteiger partial charge in [0.25, 0.3) is 6.04 Å². The summed E-state index contributed by atoms with van der Waals surface area (Å²) in [6.45, 7) is 4.10. The minimum Gasteiger partial charge on any atom is -0.497 e. The van der Waals surface area contributed by atoms with Gasteiger partial charge in [0, 0.05) is 4.92 Å². The monoisotopic (exact) mass is 379 g/mol. The van der Waals surface area contributed by atoms with Crippen molar-refractivity contribution in [1.29, 1.82) is 0 Å². The zero-order chi connectivity index (χ0) is 20.6. The molecule has 148 valence electrons. The van der Waals surface area contributed by atoms with Crippen LogP contribution in [0.3, 0.4) is 0 Å². The lowest BCUT2D eigenvalue weighted by atomic mass is 9.46. The number of aliphatic carboxylic acids is 1. The Hall–Kier alpha value is -2.48. The maximum Gasteiger partial charge on any atom is 0.318 e. The van der Waals surface area contributed by atoms with Crippen molar-refractivity contribution in [2.75, 3.05) is 7.11 Å². The molecular weight excluding hydrogens is 354 g/mol. The molecule has 0 radical (unpaired) electrons. The van der Waals surface area contributed by atoms with Gasteiger partial charge in [0.05, 0.1) is 12.5 Å². The van der Waals surface area contributed by atoms with E-state index < -0.39 is 39.1 Å². The average molecular weight is 379 g/mol. The maximum atomic E-state index is 12.7. The number of carbonyl (C=O) groups is 2. The minimum atomic E-state index is -2.02. The van der Waals surface area contributed by atoms with Gasteiger partial charge < -0.3 is 14.9 Å². The molecule has 4 atom stereocenters. The summed E-state index contributed by atoms with van der Waals surface area (Å²) in [5.41, 5.74) is -5.18. The second-order valence-corrected chi connectivity index (χ2v) is 7.37. The molecule has 0 aliphatic heterocycles. The fourth-order valence-corrected chi connectivity index (χ4v) is 4.90. The predicted octanol–water partition coefficient (Wildman–Crippen LogP) is 2.19. The first kappa shape index (κ1) is 20.8. The fraction of sp³-hybridized carbons (Fsp3) is 0.579. The molecule has 1 aromatic carbocycles. The van der Waals surface area contributed by atoms with E-state index in [2.05, 4.69) is 0 Å². The average Bonchev–Trinajstić information content (AvgIpc) is 2.59. The molecular formula is C19H25NO7.